The molecule has 0 aliphatic carbocycles. The number of para-hydroxylation sites is 1. The molecule has 2 aromatic carbocycles. The lowest BCUT2D eigenvalue weighted by Gasteiger charge is -2.15. The Kier molecular flexibility index (Phi) is 9.55. The number of rotatable bonds is 9. The lowest BCUT2D eigenvalue weighted by atomic mass is 10.0. The van der Waals surface area contributed by atoms with E-state index in [4.69, 9.17) is 15.2 Å². The summed E-state index contributed by atoms with van der Waals surface area (Å²) in [6.07, 6.45) is 1.70. The van der Waals surface area contributed by atoms with Gasteiger partial charge in [-0.05, 0) is 49.6 Å². The molecule has 26 heavy (non-hydrogen) atoms. The van der Waals surface area contributed by atoms with Gasteiger partial charge in [-0.3, -0.25) is 4.79 Å². The van der Waals surface area contributed by atoms with Gasteiger partial charge >= 0.3 is 0 Å². The van der Waals surface area contributed by atoms with Gasteiger partial charge in [-0.15, -0.1) is 12.4 Å². The molecule has 5 nitrogen and oxygen atoms in total. The minimum absolute atomic E-state index is 0. The van der Waals surface area contributed by atoms with E-state index in [1.54, 1.807) is 0 Å². The summed E-state index contributed by atoms with van der Waals surface area (Å²) in [7, 11) is 0. The maximum Gasteiger partial charge on any atom is 0.262 e. The molecule has 0 heterocycles. The van der Waals surface area contributed by atoms with Crippen LogP contribution >= 0.6 is 12.4 Å². The summed E-state index contributed by atoms with van der Waals surface area (Å²) in [5.74, 6) is 0.973. The number of anilines is 1. The van der Waals surface area contributed by atoms with Gasteiger partial charge in [-0.25, -0.2) is 0 Å². The molecular formula is C20H27ClN2O3. The van der Waals surface area contributed by atoms with E-state index in [0.29, 0.717) is 18.1 Å². The van der Waals surface area contributed by atoms with E-state index in [2.05, 4.69) is 12.2 Å². The van der Waals surface area contributed by atoms with Gasteiger partial charge in [-0.2, -0.15) is 0 Å². The Balaban J connectivity index is 0.00000338. The van der Waals surface area contributed by atoms with Gasteiger partial charge in [0.15, 0.2) is 18.1 Å². The summed E-state index contributed by atoms with van der Waals surface area (Å²) >= 11 is 0. The smallest absolute Gasteiger partial charge is 0.262 e. The lowest BCUT2D eigenvalue weighted by Crippen LogP contribution is -2.21. The van der Waals surface area contributed by atoms with Crippen molar-refractivity contribution in [2.75, 3.05) is 18.5 Å². The highest BCUT2D eigenvalue weighted by Crippen LogP contribution is 2.29. The van der Waals surface area contributed by atoms with Crippen LogP contribution in [-0.4, -0.2) is 25.2 Å². The first-order chi connectivity index (χ1) is 12.1. The highest BCUT2D eigenvalue weighted by Gasteiger charge is 2.11. The molecule has 1 unspecified atom stereocenters. The van der Waals surface area contributed by atoms with Crippen LogP contribution in [0.4, 0.5) is 5.69 Å². The van der Waals surface area contributed by atoms with Gasteiger partial charge in [-0.1, -0.05) is 31.2 Å². The number of ether oxygens (including phenoxy) is 2. The topological polar surface area (TPSA) is 73.6 Å². The molecule has 0 aromatic heterocycles. The Morgan fingerprint density at radius 3 is 2.46 bits per heavy atom. The quantitative estimate of drug-likeness (QED) is 0.696. The fourth-order valence-corrected chi connectivity index (χ4v) is 2.38. The first-order valence-electron chi connectivity index (χ1n) is 8.61. The van der Waals surface area contributed by atoms with E-state index in [-0.39, 0.29) is 31.0 Å². The van der Waals surface area contributed by atoms with Crippen LogP contribution in [0.5, 0.6) is 11.5 Å². The average Bonchev–Trinajstić information content (AvgIpc) is 2.62. The Morgan fingerprint density at radius 2 is 1.81 bits per heavy atom. The molecular weight excluding hydrogens is 352 g/mol. The van der Waals surface area contributed by atoms with Crippen molar-refractivity contribution in [1.29, 1.82) is 0 Å². The number of hydrogen-bond donors (Lipinski definition) is 2. The second-order valence-corrected chi connectivity index (χ2v) is 5.79. The van der Waals surface area contributed by atoms with Crippen LogP contribution in [0.2, 0.25) is 0 Å². The van der Waals surface area contributed by atoms with E-state index >= 15 is 0 Å². The molecule has 3 N–H and O–H groups in total. The van der Waals surface area contributed by atoms with Gasteiger partial charge in [0, 0.05) is 11.7 Å². The Labute approximate surface area is 161 Å². The maximum atomic E-state index is 12.0. The number of amides is 1. The minimum atomic E-state index is -0.217. The predicted octanol–water partition coefficient (Wildman–Crippen LogP) is 3.80. The number of nitrogens with one attached hydrogen (secondary N) is 1. The molecule has 1 amide bonds. The van der Waals surface area contributed by atoms with E-state index in [0.717, 1.165) is 24.1 Å². The fourth-order valence-electron chi connectivity index (χ4n) is 2.38. The van der Waals surface area contributed by atoms with Crippen LogP contribution in [0.1, 0.15) is 25.8 Å². The molecule has 0 aliphatic heterocycles. The van der Waals surface area contributed by atoms with Crippen LogP contribution in [-0.2, 0) is 11.2 Å². The third kappa shape index (κ3) is 6.94. The summed E-state index contributed by atoms with van der Waals surface area (Å²) < 4.78 is 11.3. The van der Waals surface area contributed by atoms with Gasteiger partial charge in [0.05, 0.1) is 6.61 Å². The molecule has 1 atom stereocenters. The van der Waals surface area contributed by atoms with Gasteiger partial charge in [0.2, 0.25) is 0 Å². The predicted molar refractivity (Wildman–Crippen MR) is 107 cm³/mol. The standard InChI is InChI=1S/C20H26N2O3.ClH/c1-3-16(21)12-15-10-11-18(19(13-15)24-4-2)25-14-20(23)22-17-8-6-5-7-9-17;/h5-11,13,16H,3-4,12,14,21H2,1-2H3,(H,22,23);1H. The number of benzene rings is 2. The molecule has 0 spiro atoms. The Hall–Kier alpha value is -2.24. The number of hydrogen-bond acceptors (Lipinski definition) is 4. The maximum absolute atomic E-state index is 12.0. The summed E-state index contributed by atoms with van der Waals surface area (Å²) in [5.41, 5.74) is 7.85. The van der Waals surface area contributed by atoms with Crippen LogP contribution in [0.15, 0.2) is 48.5 Å². The zero-order valence-corrected chi connectivity index (χ0v) is 16.1. The molecule has 142 valence electrons. The first-order valence-corrected chi connectivity index (χ1v) is 8.61. The van der Waals surface area contributed by atoms with Crippen LogP contribution in [0.3, 0.4) is 0 Å². The van der Waals surface area contributed by atoms with E-state index in [1.165, 1.54) is 0 Å². The molecule has 0 saturated heterocycles. The zero-order chi connectivity index (χ0) is 18.1. The Morgan fingerprint density at radius 1 is 1.08 bits per heavy atom. The van der Waals surface area contributed by atoms with Crippen molar-refractivity contribution in [1.82, 2.24) is 0 Å². The molecule has 0 saturated carbocycles. The minimum Gasteiger partial charge on any atom is -0.490 e. The van der Waals surface area contributed by atoms with Crippen molar-refractivity contribution in [3.63, 3.8) is 0 Å². The third-order valence-corrected chi connectivity index (χ3v) is 3.75. The highest BCUT2D eigenvalue weighted by molar-refractivity contribution is 5.91. The summed E-state index contributed by atoms with van der Waals surface area (Å²) in [5, 5.41) is 2.79. The lowest BCUT2D eigenvalue weighted by molar-refractivity contribution is -0.118. The molecule has 0 radical (unpaired) electrons. The number of carbonyl (C=O) groups is 1. The second-order valence-electron chi connectivity index (χ2n) is 5.79. The fraction of sp³-hybridized carbons (Fsp3) is 0.350. The van der Waals surface area contributed by atoms with Gasteiger partial charge in [0.25, 0.3) is 5.91 Å². The summed E-state index contributed by atoms with van der Waals surface area (Å²) in [4.78, 5) is 12.0. The SMILES string of the molecule is CCOc1cc(CC(N)CC)ccc1OCC(=O)Nc1ccccc1.Cl. The number of nitrogens with two attached hydrogens (primary N) is 1. The Bertz CT molecular complexity index is 680. The van der Waals surface area contributed by atoms with Crippen LogP contribution < -0.4 is 20.5 Å². The van der Waals surface area contributed by atoms with Crippen molar-refractivity contribution in [2.24, 2.45) is 5.73 Å². The average molecular weight is 379 g/mol. The largest absolute Gasteiger partial charge is 0.490 e. The third-order valence-electron chi connectivity index (χ3n) is 3.75. The molecule has 0 bridgehead atoms. The highest BCUT2D eigenvalue weighted by atomic mass is 35.5. The van der Waals surface area contributed by atoms with Crippen LogP contribution in [0, 0.1) is 0 Å². The number of carbonyl (C=O) groups excluding carboxylic acids is 1. The van der Waals surface area contributed by atoms with Crippen molar-refractivity contribution in [3.05, 3.63) is 54.1 Å². The van der Waals surface area contributed by atoms with Crippen molar-refractivity contribution >= 4 is 24.0 Å². The van der Waals surface area contributed by atoms with E-state index < -0.39 is 0 Å². The monoisotopic (exact) mass is 378 g/mol. The zero-order valence-electron chi connectivity index (χ0n) is 15.2. The molecule has 6 heteroatoms. The second kappa shape index (κ2) is 11.4. The first kappa shape index (κ1) is 21.8. The normalized spacial score (nSPS) is 11.2. The molecule has 0 aliphatic rings. The van der Waals surface area contributed by atoms with Gasteiger partial charge < -0.3 is 20.5 Å². The van der Waals surface area contributed by atoms with E-state index in [1.807, 2.05) is 55.5 Å². The van der Waals surface area contributed by atoms with Gasteiger partial charge in [0.1, 0.15) is 0 Å². The van der Waals surface area contributed by atoms with Crippen LogP contribution in [0.25, 0.3) is 0 Å². The van der Waals surface area contributed by atoms with Crippen molar-refractivity contribution < 1.29 is 14.3 Å². The summed E-state index contributed by atoms with van der Waals surface area (Å²) in [6.45, 7) is 4.42. The number of halogens is 1. The van der Waals surface area contributed by atoms with Crippen molar-refractivity contribution in [3.8, 4) is 11.5 Å². The molecule has 2 aromatic rings. The van der Waals surface area contributed by atoms with Crippen molar-refractivity contribution in [2.45, 2.75) is 32.7 Å². The molecule has 2 rings (SSSR count). The molecule has 0 fully saturated rings. The van der Waals surface area contributed by atoms with E-state index in [9.17, 15) is 4.79 Å². The summed E-state index contributed by atoms with van der Waals surface area (Å²) in [6, 6.07) is 15.1.